The summed E-state index contributed by atoms with van der Waals surface area (Å²) < 4.78 is 22.8. The number of aromatic nitrogens is 2. The van der Waals surface area contributed by atoms with E-state index in [9.17, 15) is 14.4 Å². The topological polar surface area (TPSA) is 157 Å². The van der Waals surface area contributed by atoms with Crippen molar-refractivity contribution in [3.05, 3.63) is 53.5 Å². The van der Waals surface area contributed by atoms with Gasteiger partial charge in [0.05, 0.1) is 0 Å². The maximum Gasteiger partial charge on any atom is 0.413 e. The van der Waals surface area contributed by atoms with Crippen LogP contribution in [0, 0.1) is 0 Å². The lowest BCUT2D eigenvalue weighted by Crippen LogP contribution is -2.49. The number of pyridine rings is 1. The van der Waals surface area contributed by atoms with Crippen LogP contribution in [0.2, 0.25) is 0 Å². The molecule has 4 heterocycles. The van der Waals surface area contributed by atoms with Gasteiger partial charge in [-0.05, 0) is 118 Å². The van der Waals surface area contributed by atoms with Gasteiger partial charge in [0.25, 0.3) is 5.91 Å². The van der Waals surface area contributed by atoms with Crippen LogP contribution >= 0.6 is 0 Å². The zero-order valence-electron chi connectivity index (χ0n) is 31.5. The predicted molar refractivity (Wildman–Crippen MR) is 194 cm³/mol. The number of benzene rings is 1. The van der Waals surface area contributed by atoms with Crippen molar-refractivity contribution < 1.29 is 33.0 Å². The van der Waals surface area contributed by atoms with Gasteiger partial charge < -0.3 is 34.2 Å². The van der Waals surface area contributed by atoms with Gasteiger partial charge in [-0.3, -0.25) is 10.1 Å². The molecule has 2 aromatic heterocycles. The molecule has 276 valence electrons. The van der Waals surface area contributed by atoms with Crippen molar-refractivity contribution >= 4 is 29.6 Å². The zero-order valence-corrected chi connectivity index (χ0v) is 31.5. The van der Waals surface area contributed by atoms with Gasteiger partial charge in [-0.25, -0.2) is 19.6 Å². The van der Waals surface area contributed by atoms with Gasteiger partial charge in [-0.1, -0.05) is 0 Å². The van der Waals surface area contributed by atoms with E-state index in [1.165, 1.54) is 12.5 Å². The summed E-state index contributed by atoms with van der Waals surface area (Å²) in [5, 5.41) is 8.80. The SMILES string of the molecule is CC(C)(Cc1cc2c(cc1N1CCC[C@@H](NC(=O)OC(C)(C)C)C1)OC(C)(C)C2)NC(=O)c1coc(-c2ccnc(NC(=O)OC(C)(C)C)c2)n1. The van der Waals surface area contributed by atoms with E-state index in [1.54, 1.807) is 32.9 Å². The van der Waals surface area contributed by atoms with Crippen LogP contribution in [0.5, 0.6) is 5.75 Å². The average Bonchev–Trinajstić information content (AvgIpc) is 3.58. The second kappa shape index (κ2) is 14.1. The average molecular weight is 705 g/mol. The number of piperidine rings is 1. The molecule has 0 unspecified atom stereocenters. The first-order valence-corrected chi connectivity index (χ1v) is 17.5. The molecule has 3 N–H and O–H groups in total. The number of fused-ring (bicyclic) bond motifs is 1. The Balaban J connectivity index is 1.31. The second-order valence-corrected chi connectivity index (χ2v) is 16.7. The van der Waals surface area contributed by atoms with E-state index in [4.69, 9.17) is 18.6 Å². The third kappa shape index (κ3) is 10.4. The summed E-state index contributed by atoms with van der Waals surface area (Å²) in [6, 6.07) is 7.49. The van der Waals surface area contributed by atoms with Crippen molar-refractivity contribution in [3.8, 4) is 17.2 Å². The molecule has 13 nitrogen and oxygen atoms in total. The van der Waals surface area contributed by atoms with E-state index in [-0.39, 0.29) is 35.0 Å². The molecule has 3 aromatic rings. The number of amides is 3. The number of hydrogen-bond donors (Lipinski definition) is 3. The van der Waals surface area contributed by atoms with E-state index in [2.05, 4.69) is 56.8 Å². The molecule has 2 aliphatic rings. The van der Waals surface area contributed by atoms with E-state index in [0.29, 0.717) is 18.5 Å². The molecule has 0 aliphatic carbocycles. The van der Waals surface area contributed by atoms with Crippen LogP contribution in [0.25, 0.3) is 11.5 Å². The van der Waals surface area contributed by atoms with Crippen LogP contribution in [-0.2, 0) is 22.3 Å². The highest BCUT2D eigenvalue weighted by atomic mass is 16.6. The maximum absolute atomic E-state index is 13.5. The number of nitrogens with zero attached hydrogens (tertiary/aromatic N) is 3. The van der Waals surface area contributed by atoms with Gasteiger partial charge in [-0.15, -0.1) is 0 Å². The fourth-order valence-corrected chi connectivity index (χ4v) is 6.36. The molecule has 3 amide bonds. The predicted octanol–water partition coefficient (Wildman–Crippen LogP) is 7.04. The number of nitrogens with one attached hydrogen (secondary N) is 3. The molecule has 13 heteroatoms. The number of carbonyl (C=O) groups excluding carboxylic acids is 3. The summed E-state index contributed by atoms with van der Waals surface area (Å²) >= 11 is 0. The summed E-state index contributed by atoms with van der Waals surface area (Å²) in [6.45, 7) is 20.4. The van der Waals surface area contributed by atoms with Crippen LogP contribution in [0.4, 0.5) is 21.1 Å². The Morgan fingerprint density at radius 2 is 1.71 bits per heavy atom. The standard InChI is InChI=1S/C38H52N6O7/c1-35(2,3)50-33(46)40-26-12-11-15-44(21-26)28-18-29-25(20-38(9,10)49-29)16-24(28)19-37(7,8)43-31(45)27-22-48-32(41-27)23-13-14-39-30(17-23)42-34(47)51-36(4,5)6/h13-14,16-18,22,26H,11-12,15,19-21H2,1-10H3,(H,40,46)(H,43,45)(H,39,42,47)/t26-/m1/s1. The van der Waals surface area contributed by atoms with Crippen LogP contribution in [0.1, 0.15) is 104 Å². The Kier molecular flexibility index (Phi) is 10.3. The summed E-state index contributed by atoms with van der Waals surface area (Å²) in [6.07, 6.45) is 4.81. The lowest BCUT2D eigenvalue weighted by molar-refractivity contribution is 0.0498. The van der Waals surface area contributed by atoms with Crippen LogP contribution in [-0.4, -0.2) is 69.5 Å². The molecule has 5 rings (SSSR count). The van der Waals surface area contributed by atoms with Crippen LogP contribution in [0.3, 0.4) is 0 Å². The number of alkyl carbamates (subject to hydrolysis) is 1. The van der Waals surface area contributed by atoms with Gasteiger partial charge in [-0.2, -0.15) is 0 Å². The third-order valence-electron chi connectivity index (χ3n) is 8.20. The molecule has 1 saturated heterocycles. The molecule has 2 aliphatic heterocycles. The first kappa shape index (κ1) is 37.4. The van der Waals surface area contributed by atoms with Crippen LogP contribution in [0.15, 0.2) is 41.1 Å². The fourth-order valence-electron chi connectivity index (χ4n) is 6.36. The molecule has 1 fully saturated rings. The van der Waals surface area contributed by atoms with E-state index >= 15 is 0 Å². The van der Waals surface area contributed by atoms with E-state index in [1.807, 2.05) is 34.6 Å². The molecule has 0 radical (unpaired) electrons. The smallest absolute Gasteiger partial charge is 0.413 e. The van der Waals surface area contributed by atoms with Gasteiger partial charge in [0.1, 0.15) is 34.6 Å². The molecule has 0 spiro atoms. The largest absolute Gasteiger partial charge is 0.487 e. The second-order valence-electron chi connectivity index (χ2n) is 16.7. The summed E-state index contributed by atoms with van der Waals surface area (Å²) in [5.74, 6) is 0.934. The fraction of sp³-hybridized carbons (Fsp3) is 0.553. The Bertz CT molecular complexity index is 1770. The Labute approximate surface area is 300 Å². The lowest BCUT2D eigenvalue weighted by atomic mass is 9.90. The first-order chi connectivity index (χ1) is 23.6. The maximum atomic E-state index is 13.5. The Hall–Kier alpha value is -4.81. The molecule has 1 aromatic carbocycles. The number of hydrogen-bond acceptors (Lipinski definition) is 10. The minimum Gasteiger partial charge on any atom is -0.487 e. The van der Waals surface area contributed by atoms with Crippen molar-refractivity contribution in [2.75, 3.05) is 23.3 Å². The molecule has 0 bridgehead atoms. The number of ether oxygens (including phenoxy) is 3. The van der Waals surface area contributed by atoms with Crippen molar-refractivity contribution in [2.24, 2.45) is 0 Å². The monoisotopic (exact) mass is 704 g/mol. The first-order valence-electron chi connectivity index (χ1n) is 17.5. The highest BCUT2D eigenvalue weighted by Gasteiger charge is 2.34. The molecule has 0 saturated carbocycles. The van der Waals surface area contributed by atoms with Gasteiger partial charge in [0.15, 0.2) is 5.69 Å². The molecule has 51 heavy (non-hydrogen) atoms. The van der Waals surface area contributed by atoms with Gasteiger partial charge >= 0.3 is 12.2 Å². The van der Waals surface area contributed by atoms with Crippen molar-refractivity contribution in [2.45, 2.75) is 123 Å². The van der Waals surface area contributed by atoms with Crippen molar-refractivity contribution in [1.82, 2.24) is 20.6 Å². The highest BCUT2D eigenvalue weighted by Crippen LogP contribution is 2.41. The zero-order chi connectivity index (χ0) is 37.4. The Morgan fingerprint density at radius 1 is 1.00 bits per heavy atom. The molecular weight excluding hydrogens is 652 g/mol. The summed E-state index contributed by atoms with van der Waals surface area (Å²) in [5.41, 5.74) is 1.61. The number of anilines is 2. The number of rotatable bonds is 8. The summed E-state index contributed by atoms with van der Waals surface area (Å²) in [4.78, 5) is 49.3. The van der Waals surface area contributed by atoms with E-state index < -0.39 is 28.9 Å². The van der Waals surface area contributed by atoms with Crippen molar-refractivity contribution in [3.63, 3.8) is 0 Å². The molecular formula is C38H52N6O7. The Morgan fingerprint density at radius 3 is 2.41 bits per heavy atom. The quantitative estimate of drug-likeness (QED) is 0.222. The van der Waals surface area contributed by atoms with Gasteiger partial charge in [0.2, 0.25) is 5.89 Å². The number of carbonyl (C=O) groups is 3. The lowest BCUT2D eigenvalue weighted by Gasteiger charge is -2.37. The summed E-state index contributed by atoms with van der Waals surface area (Å²) in [7, 11) is 0. The van der Waals surface area contributed by atoms with Gasteiger partial charge in [0, 0.05) is 54.6 Å². The minimum absolute atomic E-state index is 0.0781. The highest BCUT2D eigenvalue weighted by molar-refractivity contribution is 5.93. The normalized spacial score (nSPS) is 17.2. The third-order valence-corrected chi connectivity index (χ3v) is 8.20. The van der Waals surface area contributed by atoms with Crippen LogP contribution < -0.4 is 25.6 Å². The number of oxazole rings is 1. The molecule has 1 atom stereocenters. The minimum atomic E-state index is -0.681. The van der Waals surface area contributed by atoms with Crippen molar-refractivity contribution in [1.29, 1.82) is 0 Å². The van der Waals surface area contributed by atoms with E-state index in [0.717, 1.165) is 48.4 Å².